The highest BCUT2D eigenvalue weighted by Gasteiger charge is 2.29. The van der Waals surface area contributed by atoms with Gasteiger partial charge in [0.25, 0.3) is 0 Å². The van der Waals surface area contributed by atoms with Crippen LogP contribution in [0.3, 0.4) is 0 Å². The number of benzene rings is 1. The van der Waals surface area contributed by atoms with Gasteiger partial charge >= 0.3 is 0 Å². The number of aromatic nitrogens is 2. The molecule has 2 heterocycles. The molecule has 0 radical (unpaired) electrons. The van der Waals surface area contributed by atoms with Crippen molar-refractivity contribution < 1.29 is 17.2 Å². The summed E-state index contributed by atoms with van der Waals surface area (Å²) in [6.45, 7) is 3.89. The highest BCUT2D eigenvalue weighted by molar-refractivity contribution is 7.89. The summed E-state index contributed by atoms with van der Waals surface area (Å²) in [6.07, 6.45) is 1.51. The summed E-state index contributed by atoms with van der Waals surface area (Å²) >= 11 is 0. The maximum Gasteiger partial charge on any atom is 0.246 e. The molecule has 6 nitrogen and oxygen atoms in total. The molecule has 0 saturated carbocycles. The van der Waals surface area contributed by atoms with E-state index in [-0.39, 0.29) is 17.3 Å². The molecule has 0 aliphatic rings. The fraction of sp³-hybridized carbons (Fsp3) is 0.278. The molecule has 0 aliphatic carbocycles. The summed E-state index contributed by atoms with van der Waals surface area (Å²) in [7, 11) is -2.22. The summed E-state index contributed by atoms with van der Waals surface area (Å²) in [5, 5.41) is 4.37. The van der Waals surface area contributed by atoms with Gasteiger partial charge in [0, 0.05) is 7.05 Å². The predicted molar refractivity (Wildman–Crippen MR) is 94.6 cm³/mol. The molecule has 3 rings (SSSR count). The second-order valence-corrected chi connectivity index (χ2v) is 8.11. The molecule has 3 aromatic rings. The summed E-state index contributed by atoms with van der Waals surface area (Å²) in [4.78, 5) is 0.189. The third kappa shape index (κ3) is 3.56. The number of furan rings is 1. The molecular weight excluding hydrogens is 357 g/mol. The summed E-state index contributed by atoms with van der Waals surface area (Å²) in [6, 6.07) is 9.49. The normalized spacial score (nSPS) is 12.0. The molecule has 8 heteroatoms. The molecule has 0 unspecified atom stereocenters. The van der Waals surface area contributed by atoms with Crippen LogP contribution in [0.25, 0.3) is 0 Å². The first-order chi connectivity index (χ1) is 12.3. The van der Waals surface area contributed by atoms with Gasteiger partial charge < -0.3 is 4.42 Å². The van der Waals surface area contributed by atoms with Crippen LogP contribution in [-0.2, 0) is 23.1 Å². The Kier molecular flexibility index (Phi) is 4.97. The van der Waals surface area contributed by atoms with E-state index in [4.69, 9.17) is 4.42 Å². The van der Waals surface area contributed by atoms with Crippen molar-refractivity contribution in [2.45, 2.75) is 31.8 Å². The lowest BCUT2D eigenvalue weighted by atomic mass is 10.2. The molecule has 0 bridgehead atoms. The van der Waals surface area contributed by atoms with Gasteiger partial charge in [0.15, 0.2) is 0 Å². The van der Waals surface area contributed by atoms with E-state index in [2.05, 4.69) is 5.10 Å². The summed E-state index contributed by atoms with van der Waals surface area (Å²) < 4.78 is 47.1. The minimum atomic E-state index is -3.72. The second kappa shape index (κ2) is 7.05. The van der Waals surface area contributed by atoms with Crippen LogP contribution in [0.4, 0.5) is 4.39 Å². The van der Waals surface area contributed by atoms with Crippen molar-refractivity contribution in [2.75, 3.05) is 7.05 Å². The molecule has 0 saturated heterocycles. The van der Waals surface area contributed by atoms with E-state index in [9.17, 15) is 12.8 Å². The monoisotopic (exact) mass is 377 g/mol. The number of hydrogen-bond acceptors (Lipinski definition) is 4. The van der Waals surface area contributed by atoms with E-state index in [1.807, 2.05) is 0 Å². The van der Waals surface area contributed by atoms with Crippen LogP contribution in [0.5, 0.6) is 0 Å². The Hall–Kier alpha value is -2.45. The molecule has 2 aromatic heterocycles. The third-order valence-electron chi connectivity index (χ3n) is 4.19. The lowest BCUT2D eigenvalue weighted by Gasteiger charge is -2.16. The van der Waals surface area contributed by atoms with Crippen LogP contribution in [-0.4, -0.2) is 29.6 Å². The molecule has 0 amide bonds. The minimum Gasteiger partial charge on any atom is -0.468 e. The Bertz CT molecular complexity index is 993. The number of rotatable bonds is 6. The van der Waals surface area contributed by atoms with Gasteiger partial charge in [-0.2, -0.15) is 9.40 Å². The van der Waals surface area contributed by atoms with Crippen LogP contribution in [0.2, 0.25) is 0 Å². The smallest absolute Gasteiger partial charge is 0.246 e. The van der Waals surface area contributed by atoms with E-state index in [1.165, 1.54) is 29.7 Å². The van der Waals surface area contributed by atoms with Gasteiger partial charge in [-0.1, -0.05) is 12.1 Å². The largest absolute Gasteiger partial charge is 0.468 e. The van der Waals surface area contributed by atoms with Crippen molar-refractivity contribution in [3.63, 3.8) is 0 Å². The Balaban J connectivity index is 1.90. The SMILES string of the molecule is Cc1nn(Cc2ccc(F)cc2)c(C)c1S(=O)(=O)N(C)Cc1ccco1. The molecule has 138 valence electrons. The standard InChI is InChI=1S/C18H20FN3O3S/c1-13-18(26(23,24)21(3)12-17-5-4-10-25-17)14(2)22(20-13)11-15-6-8-16(19)9-7-15/h4-10H,11-12H2,1-3H3. The average molecular weight is 377 g/mol. The first-order valence-corrected chi connectivity index (χ1v) is 9.50. The van der Waals surface area contributed by atoms with E-state index < -0.39 is 10.0 Å². The van der Waals surface area contributed by atoms with Crippen molar-refractivity contribution in [3.8, 4) is 0 Å². The Morgan fingerprint density at radius 3 is 2.50 bits per heavy atom. The van der Waals surface area contributed by atoms with E-state index in [0.717, 1.165) is 5.56 Å². The van der Waals surface area contributed by atoms with Crippen LogP contribution in [0, 0.1) is 19.7 Å². The van der Waals surface area contributed by atoms with E-state index in [0.29, 0.717) is 23.7 Å². The number of sulfonamides is 1. The fourth-order valence-electron chi connectivity index (χ4n) is 2.83. The molecule has 0 aliphatic heterocycles. The second-order valence-electron chi connectivity index (χ2n) is 6.12. The average Bonchev–Trinajstić information content (AvgIpc) is 3.18. The Morgan fingerprint density at radius 1 is 1.19 bits per heavy atom. The molecule has 1 aromatic carbocycles. The molecular formula is C18H20FN3O3S. The van der Waals surface area contributed by atoms with Gasteiger partial charge in [-0.15, -0.1) is 0 Å². The molecule has 0 spiro atoms. The zero-order valence-corrected chi connectivity index (χ0v) is 15.6. The molecule has 0 fully saturated rings. The van der Waals surface area contributed by atoms with E-state index >= 15 is 0 Å². The van der Waals surface area contributed by atoms with Gasteiger partial charge in [-0.25, -0.2) is 12.8 Å². The zero-order valence-electron chi connectivity index (χ0n) is 14.8. The van der Waals surface area contributed by atoms with Gasteiger partial charge in [0.2, 0.25) is 10.0 Å². The van der Waals surface area contributed by atoms with Gasteiger partial charge in [0.1, 0.15) is 16.5 Å². The quantitative estimate of drug-likeness (QED) is 0.662. The Labute approximate surface area is 151 Å². The highest BCUT2D eigenvalue weighted by atomic mass is 32.2. The first-order valence-electron chi connectivity index (χ1n) is 8.06. The summed E-state index contributed by atoms with van der Waals surface area (Å²) in [5.41, 5.74) is 1.80. The van der Waals surface area contributed by atoms with Crippen molar-refractivity contribution in [1.29, 1.82) is 0 Å². The lowest BCUT2D eigenvalue weighted by Crippen LogP contribution is -2.27. The number of hydrogen-bond donors (Lipinski definition) is 0. The summed E-state index contributed by atoms with van der Waals surface area (Å²) in [5.74, 6) is 0.245. The maximum atomic E-state index is 13.1. The van der Waals surface area contributed by atoms with Crippen LogP contribution < -0.4 is 0 Å². The highest BCUT2D eigenvalue weighted by Crippen LogP contribution is 2.24. The van der Waals surface area contributed by atoms with Crippen LogP contribution in [0.1, 0.15) is 22.7 Å². The maximum absolute atomic E-state index is 13.1. The minimum absolute atomic E-state index is 0.136. The van der Waals surface area contributed by atoms with Crippen LogP contribution >= 0.6 is 0 Å². The zero-order chi connectivity index (χ0) is 18.9. The van der Waals surface area contributed by atoms with Crippen molar-refractivity contribution >= 4 is 10.0 Å². The van der Waals surface area contributed by atoms with Gasteiger partial charge in [-0.3, -0.25) is 4.68 Å². The number of nitrogens with zero attached hydrogens (tertiary/aromatic N) is 3. The Morgan fingerprint density at radius 2 is 1.88 bits per heavy atom. The van der Waals surface area contributed by atoms with E-state index in [1.54, 1.807) is 42.8 Å². The molecule has 0 N–H and O–H groups in total. The van der Waals surface area contributed by atoms with Crippen molar-refractivity contribution in [3.05, 3.63) is 71.2 Å². The van der Waals surface area contributed by atoms with Crippen molar-refractivity contribution in [1.82, 2.24) is 14.1 Å². The topological polar surface area (TPSA) is 68.3 Å². The molecule has 26 heavy (non-hydrogen) atoms. The lowest BCUT2D eigenvalue weighted by molar-refractivity contribution is 0.406. The number of aryl methyl sites for hydroxylation is 1. The predicted octanol–water partition coefficient (Wildman–Crippen LogP) is 3.10. The molecule has 0 atom stereocenters. The van der Waals surface area contributed by atoms with Crippen LogP contribution in [0.15, 0.2) is 52.0 Å². The van der Waals surface area contributed by atoms with Gasteiger partial charge in [0.05, 0.1) is 30.7 Å². The van der Waals surface area contributed by atoms with Crippen molar-refractivity contribution in [2.24, 2.45) is 0 Å². The van der Waals surface area contributed by atoms with Gasteiger partial charge in [-0.05, 0) is 43.7 Å². The number of halogens is 1. The first kappa shape index (κ1) is 18.3. The fourth-order valence-corrected chi connectivity index (χ4v) is 4.34. The third-order valence-corrected chi connectivity index (χ3v) is 6.24.